The van der Waals surface area contributed by atoms with Crippen LogP contribution in [0, 0.1) is 0 Å². The molecule has 1 fully saturated rings. The fourth-order valence-electron chi connectivity index (χ4n) is 1.77. The molecule has 6 nitrogen and oxygen atoms in total. The molecule has 19 heavy (non-hydrogen) atoms. The maximum absolute atomic E-state index is 11.3. The summed E-state index contributed by atoms with van der Waals surface area (Å²) >= 11 is 0. The predicted molar refractivity (Wildman–Crippen MR) is 71.4 cm³/mol. The van der Waals surface area contributed by atoms with E-state index in [2.05, 4.69) is 5.32 Å². The van der Waals surface area contributed by atoms with Crippen molar-refractivity contribution in [3.63, 3.8) is 0 Å². The van der Waals surface area contributed by atoms with Crippen molar-refractivity contribution in [2.24, 2.45) is 0 Å². The van der Waals surface area contributed by atoms with Crippen LogP contribution >= 0.6 is 0 Å². The number of unbranched alkanes of at least 4 members (excludes halogenated alkanes) is 2. The number of sulfone groups is 1. The van der Waals surface area contributed by atoms with Crippen LogP contribution in [0.1, 0.15) is 46.5 Å². The Hall–Kier alpha value is -0.820. The minimum absolute atomic E-state index is 0.437. The minimum atomic E-state index is -3.20. The number of amides is 1. The van der Waals surface area contributed by atoms with Crippen molar-refractivity contribution in [2.75, 3.05) is 6.54 Å². The molecule has 0 aliphatic carbocycles. The van der Waals surface area contributed by atoms with E-state index in [1.54, 1.807) is 20.8 Å². The number of nitrogens with one attached hydrogen (secondary N) is 1. The zero-order valence-corrected chi connectivity index (χ0v) is 12.5. The van der Waals surface area contributed by atoms with E-state index in [-0.39, 0.29) is 0 Å². The van der Waals surface area contributed by atoms with Gasteiger partial charge in [0.15, 0.2) is 15.3 Å². The second-order valence-corrected chi connectivity index (χ2v) is 8.06. The Balaban J connectivity index is 1.99. The summed E-state index contributed by atoms with van der Waals surface area (Å²) in [5.41, 5.74) is -1.65. The van der Waals surface area contributed by atoms with Gasteiger partial charge in [-0.2, -0.15) is 0 Å². The molecule has 112 valence electrons. The third-order valence-electron chi connectivity index (χ3n) is 2.83. The molecule has 0 aromatic rings. The molecule has 0 bridgehead atoms. The van der Waals surface area contributed by atoms with Gasteiger partial charge in [-0.1, -0.05) is 12.8 Å². The molecule has 1 aliphatic rings. The molecule has 1 unspecified atom stereocenters. The first-order valence-electron chi connectivity index (χ1n) is 6.52. The van der Waals surface area contributed by atoms with Crippen LogP contribution in [0.3, 0.4) is 0 Å². The number of carbonyl (C=O) groups is 1. The van der Waals surface area contributed by atoms with E-state index >= 15 is 0 Å². The van der Waals surface area contributed by atoms with Crippen molar-refractivity contribution >= 4 is 15.9 Å². The van der Waals surface area contributed by atoms with E-state index in [4.69, 9.17) is 9.84 Å². The SMILES string of the molecule is CC(C)(C)OC(=O)NCCCCCC1[C@H](O)S1(=O)=O. The van der Waals surface area contributed by atoms with Crippen molar-refractivity contribution < 1.29 is 23.1 Å². The topological polar surface area (TPSA) is 92.7 Å². The second-order valence-electron chi connectivity index (χ2n) is 5.80. The third-order valence-corrected chi connectivity index (χ3v) is 4.86. The van der Waals surface area contributed by atoms with Gasteiger partial charge in [-0.3, -0.25) is 0 Å². The van der Waals surface area contributed by atoms with Crippen molar-refractivity contribution in [1.82, 2.24) is 5.32 Å². The lowest BCUT2D eigenvalue weighted by atomic mass is 10.1. The van der Waals surface area contributed by atoms with E-state index < -0.39 is 32.2 Å². The Kier molecular flexibility index (Phi) is 5.20. The average Bonchev–Trinajstić information content (AvgIpc) is 2.70. The fourth-order valence-corrected chi connectivity index (χ4v) is 3.28. The molecule has 7 heteroatoms. The lowest BCUT2D eigenvalue weighted by Crippen LogP contribution is -2.32. The fraction of sp³-hybridized carbons (Fsp3) is 0.917. The van der Waals surface area contributed by atoms with Gasteiger partial charge in [-0.25, -0.2) is 13.2 Å². The molecule has 0 spiro atoms. The molecule has 0 aromatic heterocycles. The quantitative estimate of drug-likeness (QED) is 0.567. The highest BCUT2D eigenvalue weighted by molar-refractivity contribution is 7.99. The zero-order valence-electron chi connectivity index (χ0n) is 11.7. The number of hydrogen-bond acceptors (Lipinski definition) is 5. The Morgan fingerprint density at radius 3 is 2.32 bits per heavy atom. The summed E-state index contributed by atoms with van der Waals surface area (Å²) in [6, 6.07) is 0. The van der Waals surface area contributed by atoms with Gasteiger partial charge in [0.1, 0.15) is 10.9 Å². The summed E-state index contributed by atoms with van der Waals surface area (Å²) in [5.74, 6) is 0. The average molecular weight is 293 g/mol. The number of hydrogen-bond donors (Lipinski definition) is 2. The standard InChI is InChI=1S/C12H23NO5S/c1-12(2,3)18-11(15)13-8-6-4-5-7-9-10(14)19(9,16)17/h9-10,14H,4-8H2,1-3H3,(H,13,15)/t9?,10-/m1/s1. The van der Waals surface area contributed by atoms with E-state index in [0.717, 1.165) is 19.3 Å². The number of aliphatic hydroxyl groups excluding tert-OH is 1. The first-order valence-corrected chi connectivity index (χ1v) is 8.13. The molecule has 2 N–H and O–H groups in total. The number of aliphatic hydroxyl groups is 1. The van der Waals surface area contributed by atoms with Crippen LogP contribution in [0.15, 0.2) is 0 Å². The Bertz CT molecular complexity index is 412. The van der Waals surface area contributed by atoms with Crippen molar-refractivity contribution in [3.05, 3.63) is 0 Å². The molecule has 1 aliphatic heterocycles. The molecule has 1 saturated heterocycles. The van der Waals surface area contributed by atoms with Gasteiger partial charge >= 0.3 is 6.09 Å². The van der Waals surface area contributed by atoms with Crippen LogP contribution in [0.25, 0.3) is 0 Å². The van der Waals surface area contributed by atoms with Gasteiger partial charge in [-0.05, 0) is 33.6 Å². The minimum Gasteiger partial charge on any atom is -0.444 e. The molecule has 1 amide bonds. The van der Waals surface area contributed by atoms with Gasteiger partial charge in [0.05, 0.1) is 0 Å². The summed E-state index contributed by atoms with van der Waals surface area (Å²) in [5, 5.41) is 11.2. The van der Waals surface area contributed by atoms with Crippen molar-refractivity contribution in [3.8, 4) is 0 Å². The summed E-state index contributed by atoms with van der Waals surface area (Å²) in [6.45, 7) is 5.91. The van der Waals surface area contributed by atoms with Crippen LogP contribution in [0.5, 0.6) is 0 Å². The molecule has 1 heterocycles. The van der Waals surface area contributed by atoms with Gasteiger partial charge < -0.3 is 15.2 Å². The van der Waals surface area contributed by atoms with E-state index in [9.17, 15) is 13.2 Å². The molecule has 0 radical (unpaired) electrons. The Morgan fingerprint density at radius 2 is 1.84 bits per heavy atom. The predicted octanol–water partition coefficient (Wildman–Crippen LogP) is 1.19. The van der Waals surface area contributed by atoms with Crippen molar-refractivity contribution in [1.29, 1.82) is 0 Å². The highest BCUT2D eigenvalue weighted by Gasteiger charge is 2.55. The van der Waals surface area contributed by atoms with Gasteiger partial charge in [-0.15, -0.1) is 0 Å². The van der Waals surface area contributed by atoms with E-state index in [0.29, 0.717) is 13.0 Å². The largest absolute Gasteiger partial charge is 0.444 e. The summed E-state index contributed by atoms with van der Waals surface area (Å²) in [6.07, 6.45) is 2.37. The maximum atomic E-state index is 11.3. The highest BCUT2D eigenvalue weighted by Crippen LogP contribution is 2.34. The molecule has 2 atom stereocenters. The van der Waals surface area contributed by atoms with Crippen LogP contribution in [-0.2, 0) is 14.6 Å². The van der Waals surface area contributed by atoms with Gasteiger partial charge in [0, 0.05) is 6.54 Å². The number of ether oxygens (including phenoxy) is 1. The Morgan fingerprint density at radius 1 is 1.26 bits per heavy atom. The smallest absolute Gasteiger partial charge is 0.407 e. The number of alkyl carbamates (subject to hydrolysis) is 1. The van der Waals surface area contributed by atoms with Crippen molar-refractivity contribution in [2.45, 2.75) is 62.7 Å². The summed E-state index contributed by atoms with van der Waals surface area (Å²) in [7, 11) is -3.20. The second kappa shape index (κ2) is 6.09. The highest BCUT2D eigenvalue weighted by atomic mass is 32.2. The summed E-state index contributed by atoms with van der Waals surface area (Å²) < 4.78 is 27.1. The molecule has 1 rings (SSSR count). The summed E-state index contributed by atoms with van der Waals surface area (Å²) in [4.78, 5) is 11.3. The monoisotopic (exact) mass is 293 g/mol. The number of rotatable bonds is 6. The normalized spacial score (nSPS) is 24.8. The van der Waals surface area contributed by atoms with E-state index in [1.165, 1.54) is 0 Å². The van der Waals surface area contributed by atoms with Gasteiger partial charge in [0.2, 0.25) is 0 Å². The van der Waals surface area contributed by atoms with Crippen LogP contribution in [0.2, 0.25) is 0 Å². The molecule has 0 saturated carbocycles. The van der Waals surface area contributed by atoms with Gasteiger partial charge in [0.25, 0.3) is 0 Å². The van der Waals surface area contributed by atoms with Crippen LogP contribution in [0.4, 0.5) is 4.79 Å². The van der Waals surface area contributed by atoms with E-state index in [1.807, 2.05) is 0 Å². The van der Waals surface area contributed by atoms with Crippen LogP contribution < -0.4 is 5.32 Å². The third kappa shape index (κ3) is 5.36. The Labute approximate surface area is 114 Å². The lowest BCUT2D eigenvalue weighted by Gasteiger charge is -2.19. The van der Waals surface area contributed by atoms with Crippen LogP contribution in [-0.4, -0.2) is 42.4 Å². The molecular weight excluding hydrogens is 270 g/mol. The molecule has 0 aromatic carbocycles. The first kappa shape index (κ1) is 16.2. The first-order chi connectivity index (χ1) is 8.64. The molecular formula is C12H23NO5S. The maximum Gasteiger partial charge on any atom is 0.407 e. The zero-order chi connectivity index (χ0) is 14.7. The lowest BCUT2D eigenvalue weighted by molar-refractivity contribution is 0.0527. The number of carbonyl (C=O) groups excluding carboxylic acids is 1.